The number of nitrogens with one attached hydrogen (secondary N) is 1. The van der Waals surface area contributed by atoms with E-state index in [0.29, 0.717) is 24.3 Å². The largest absolute Gasteiger partial charge is 0.451 e. The number of non-ortho nitro benzene ring substituents is 1. The number of thiophene rings is 1. The smallest absolute Gasteiger partial charge is 0.329 e. The van der Waals surface area contributed by atoms with Crippen molar-refractivity contribution in [3.8, 4) is 0 Å². The van der Waals surface area contributed by atoms with Crippen LogP contribution in [-0.2, 0) is 14.3 Å². The molecule has 9 nitrogen and oxygen atoms in total. The summed E-state index contributed by atoms with van der Waals surface area (Å²) < 4.78 is 5.27. The highest BCUT2D eigenvalue weighted by Gasteiger charge is 2.37. The molecule has 0 unspecified atom stereocenters. The van der Waals surface area contributed by atoms with Gasteiger partial charge in [0, 0.05) is 24.4 Å². The third kappa shape index (κ3) is 4.77. The van der Waals surface area contributed by atoms with Gasteiger partial charge >= 0.3 is 5.97 Å². The van der Waals surface area contributed by atoms with Gasteiger partial charge in [-0.3, -0.25) is 19.7 Å². The number of esters is 1. The van der Waals surface area contributed by atoms with E-state index in [1.165, 1.54) is 47.4 Å². The fraction of sp³-hybridized carbons (Fsp3) is 0.316. The number of amides is 2. The van der Waals surface area contributed by atoms with Crippen molar-refractivity contribution < 1.29 is 24.0 Å². The van der Waals surface area contributed by atoms with Crippen LogP contribution < -0.4 is 5.32 Å². The van der Waals surface area contributed by atoms with Crippen molar-refractivity contribution >= 4 is 40.5 Å². The lowest BCUT2D eigenvalue weighted by atomic mass is 10.2. The lowest BCUT2D eigenvalue weighted by Crippen LogP contribution is -2.43. The molecule has 0 aliphatic carbocycles. The van der Waals surface area contributed by atoms with Gasteiger partial charge in [0.2, 0.25) is 0 Å². The maximum atomic E-state index is 12.6. The number of ether oxygens (including phenoxy) is 1. The molecule has 1 aromatic heterocycles. The Morgan fingerprint density at radius 2 is 2.10 bits per heavy atom. The number of hydrogen-bond acceptors (Lipinski definition) is 7. The molecule has 10 heteroatoms. The van der Waals surface area contributed by atoms with Gasteiger partial charge in [-0.2, -0.15) is 0 Å². The van der Waals surface area contributed by atoms with Gasteiger partial charge in [0.25, 0.3) is 17.5 Å². The number of nitrogens with zero attached hydrogens (tertiary/aromatic N) is 2. The first-order valence-corrected chi connectivity index (χ1v) is 9.85. The van der Waals surface area contributed by atoms with E-state index in [1.54, 1.807) is 17.5 Å². The summed E-state index contributed by atoms with van der Waals surface area (Å²) >= 11 is 1.30. The van der Waals surface area contributed by atoms with E-state index in [1.807, 2.05) is 0 Å². The van der Waals surface area contributed by atoms with Gasteiger partial charge in [-0.05, 0) is 37.3 Å². The molecule has 0 spiro atoms. The summed E-state index contributed by atoms with van der Waals surface area (Å²) in [4.78, 5) is 49.7. The van der Waals surface area contributed by atoms with Crippen molar-refractivity contribution in [2.45, 2.75) is 31.9 Å². The number of nitro benzene ring substituents is 1. The van der Waals surface area contributed by atoms with E-state index in [4.69, 9.17) is 4.74 Å². The Balaban J connectivity index is 1.60. The average Bonchev–Trinajstić information content (AvgIpc) is 3.39. The fourth-order valence-corrected chi connectivity index (χ4v) is 3.72. The van der Waals surface area contributed by atoms with Gasteiger partial charge in [-0.1, -0.05) is 12.1 Å². The summed E-state index contributed by atoms with van der Waals surface area (Å²) in [5.41, 5.74) is 0.0589. The molecule has 1 aliphatic heterocycles. The van der Waals surface area contributed by atoms with Gasteiger partial charge in [0.05, 0.1) is 9.80 Å². The number of hydrogen-bond donors (Lipinski definition) is 1. The molecule has 152 valence electrons. The van der Waals surface area contributed by atoms with E-state index in [-0.39, 0.29) is 17.3 Å². The molecule has 0 bridgehead atoms. The molecular weight excluding hydrogens is 398 g/mol. The van der Waals surface area contributed by atoms with Crippen LogP contribution in [0.2, 0.25) is 0 Å². The molecule has 29 heavy (non-hydrogen) atoms. The second kappa shape index (κ2) is 8.82. The number of rotatable bonds is 6. The third-order valence-electron chi connectivity index (χ3n) is 4.50. The molecule has 1 fully saturated rings. The maximum absolute atomic E-state index is 12.6. The maximum Gasteiger partial charge on any atom is 0.329 e. The minimum atomic E-state index is -1.12. The average molecular weight is 417 g/mol. The molecule has 1 aliphatic rings. The molecule has 2 atom stereocenters. The number of nitro groups is 1. The SMILES string of the molecule is C[C@@H](OC(=O)[C@@H]1CCCN1C(=O)c1cccs1)C(=O)Nc1cccc([N+](=O)[O-])c1. The Bertz CT molecular complexity index is 930. The molecule has 2 heterocycles. The Hall–Kier alpha value is -3.27. The topological polar surface area (TPSA) is 119 Å². The lowest BCUT2D eigenvalue weighted by molar-refractivity contribution is -0.384. The highest BCUT2D eigenvalue weighted by molar-refractivity contribution is 7.12. The highest BCUT2D eigenvalue weighted by atomic mass is 32.1. The number of anilines is 1. The molecular formula is C19H19N3O6S. The summed E-state index contributed by atoms with van der Waals surface area (Å²) in [6, 6.07) is 8.18. The van der Waals surface area contributed by atoms with Gasteiger partial charge in [0.15, 0.2) is 6.10 Å². The zero-order chi connectivity index (χ0) is 21.0. The first-order valence-electron chi connectivity index (χ1n) is 8.97. The molecule has 0 radical (unpaired) electrons. The standard InChI is InChI=1S/C19H19N3O6S/c1-12(17(23)20-13-5-2-6-14(11-13)22(26)27)28-19(25)15-7-3-9-21(15)18(24)16-8-4-10-29-16/h2,4-6,8,10-12,15H,3,7,9H2,1H3,(H,20,23)/t12-,15+/m1/s1. The van der Waals surface area contributed by atoms with E-state index in [9.17, 15) is 24.5 Å². The van der Waals surface area contributed by atoms with Crippen molar-refractivity contribution in [1.82, 2.24) is 4.90 Å². The van der Waals surface area contributed by atoms with E-state index in [2.05, 4.69) is 5.32 Å². The van der Waals surface area contributed by atoms with E-state index in [0.717, 1.165) is 0 Å². The molecule has 2 aromatic rings. The van der Waals surface area contributed by atoms with Crippen molar-refractivity contribution in [1.29, 1.82) is 0 Å². The van der Waals surface area contributed by atoms with Crippen molar-refractivity contribution in [3.63, 3.8) is 0 Å². The van der Waals surface area contributed by atoms with Crippen LogP contribution in [0.1, 0.15) is 29.4 Å². The van der Waals surface area contributed by atoms with Crippen LogP contribution >= 0.6 is 11.3 Å². The second-order valence-electron chi connectivity index (χ2n) is 6.51. The third-order valence-corrected chi connectivity index (χ3v) is 5.36. The van der Waals surface area contributed by atoms with Crippen molar-refractivity contribution in [3.05, 3.63) is 56.8 Å². The summed E-state index contributed by atoms with van der Waals surface area (Å²) in [5.74, 6) is -1.49. The zero-order valence-electron chi connectivity index (χ0n) is 15.6. The van der Waals surface area contributed by atoms with Crippen LogP contribution in [0.5, 0.6) is 0 Å². The van der Waals surface area contributed by atoms with E-state index >= 15 is 0 Å². The number of benzene rings is 1. The Morgan fingerprint density at radius 1 is 1.31 bits per heavy atom. The summed E-state index contributed by atoms with van der Waals surface area (Å²) in [5, 5.41) is 15.1. The van der Waals surface area contributed by atoms with Crippen molar-refractivity contribution in [2.75, 3.05) is 11.9 Å². The molecule has 1 saturated heterocycles. The number of carbonyl (C=O) groups is 3. The van der Waals surface area contributed by atoms with Crippen LogP contribution in [0.25, 0.3) is 0 Å². The lowest BCUT2D eigenvalue weighted by Gasteiger charge is -2.24. The Labute approximate surface area is 170 Å². The van der Waals surface area contributed by atoms with Crippen molar-refractivity contribution in [2.24, 2.45) is 0 Å². The summed E-state index contributed by atoms with van der Waals surface area (Å²) in [6.07, 6.45) is 0.0152. The molecule has 1 aromatic carbocycles. The first-order chi connectivity index (χ1) is 13.9. The first kappa shape index (κ1) is 20.5. The van der Waals surface area contributed by atoms with E-state index < -0.39 is 28.9 Å². The quantitative estimate of drug-likeness (QED) is 0.439. The Kier molecular flexibility index (Phi) is 6.23. The highest BCUT2D eigenvalue weighted by Crippen LogP contribution is 2.24. The molecule has 0 saturated carbocycles. The zero-order valence-corrected chi connectivity index (χ0v) is 16.4. The normalized spacial score (nSPS) is 16.9. The summed E-state index contributed by atoms with van der Waals surface area (Å²) in [7, 11) is 0. The molecule has 1 N–H and O–H groups in total. The van der Waals surface area contributed by atoms with Crippen LogP contribution in [-0.4, -0.2) is 46.3 Å². The van der Waals surface area contributed by atoms with Crippen LogP contribution in [0.4, 0.5) is 11.4 Å². The van der Waals surface area contributed by atoms with Gasteiger partial charge in [-0.15, -0.1) is 11.3 Å². The predicted octanol–water partition coefficient (Wildman–Crippen LogP) is 2.83. The van der Waals surface area contributed by atoms with Gasteiger partial charge < -0.3 is 15.0 Å². The predicted molar refractivity (Wildman–Crippen MR) is 106 cm³/mol. The fourth-order valence-electron chi connectivity index (χ4n) is 3.04. The Morgan fingerprint density at radius 3 is 2.79 bits per heavy atom. The number of likely N-dealkylation sites (tertiary alicyclic amines) is 1. The minimum Gasteiger partial charge on any atom is -0.451 e. The minimum absolute atomic E-state index is 0.166. The van der Waals surface area contributed by atoms with Gasteiger partial charge in [0.1, 0.15) is 6.04 Å². The summed E-state index contributed by atoms with van der Waals surface area (Å²) in [6.45, 7) is 1.86. The monoisotopic (exact) mass is 417 g/mol. The van der Waals surface area contributed by atoms with Crippen LogP contribution in [0.3, 0.4) is 0 Å². The number of carbonyl (C=O) groups excluding carboxylic acids is 3. The van der Waals surface area contributed by atoms with Crippen LogP contribution in [0, 0.1) is 10.1 Å². The molecule has 3 rings (SSSR count). The second-order valence-corrected chi connectivity index (χ2v) is 7.46. The van der Waals surface area contributed by atoms with Crippen LogP contribution in [0.15, 0.2) is 41.8 Å². The van der Waals surface area contributed by atoms with Gasteiger partial charge in [-0.25, -0.2) is 4.79 Å². The molecule has 2 amide bonds.